The van der Waals surface area contributed by atoms with E-state index in [1.54, 1.807) is 14.2 Å². The Hall–Kier alpha value is -2.37. The number of aromatic amines is 1. The van der Waals surface area contributed by atoms with Gasteiger partial charge < -0.3 is 20.2 Å². The minimum Gasteiger partial charge on any atom is -0.496 e. The predicted octanol–water partition coefficient (Wildman–Crippen LogP) is 4.17. The highest BCUT2D eigenvalue weighted by Gasteiger charge is 2.10. The van der Waals surface area contributed by atoms with Crippen molar-refractivity contribution in [1.29, 1.82) is 0 Å². The number of benzene rings is 2. The van der Waals surface area contributed by atoms with Crippen LogP contribution in [0, 0.1) is 0 Å². The van der Waals surface area contributed by atoms with Crippen LogP contribution in [0.1, 0.15) is 11.3 Å². The molecule has 0 saturated carbocycles. The second kappa shape index (κ2) is 8.14. The fourth-order valence-corrected chi connectivity index (χ4v) is 2.76. The van der Waals surface area contributed by atoms with Crippen molar-refractivity contribution in [3.8, 4) is 11.5 Å². The summed E-state index contributed by atoms with van der Waals surface area (Å²) in [5.74, 6) is 1.85. The molecule has 1 aromatic heterocycles. The molecule has 0 aliphatic heterocycles. The van der Waals surface area contributed by atoms with Crippen LogP contribution in [0.4, 0.5) is 0 Å². The van der Waals surface area contributed by atoms with Crippen LogP contribution in [0.2, 0.25) is 5.02 Å². The van der Waals surface area contributed by atoms with Crippen molar-refractivity contribution in [3.63, 3.8) is 0 Å². The second-order valence-corrected chi connectivity index (χ2v) is 5.69. The number of nitrogens with zero attached hydrogens (tertiary/aromatic N) is 1. The van der Waals surface area contributed by atoms with Gasteiger partial charge in [0.05, 0.1) is 32.0 Å². The zero-order valence-electron chi connectivity index (χ0n) is 13.9. The molecule has 3 rings (SSSR count). The molecule has 5 nitrogen and oxygen atoms in total. The molecule has 0 spiro atoms. The van der Waals surface area contributed by atoms with Gasteiger partial charge in [-0.2, -0.15) is 0 Å². The molecule has 0 atom stereocenters. The van der Waals surface area contributed by atoms with E-state index in [9.17, 15) is 0 Å². The number of nitrogens with one attached hydrogen (secondary N) is 1. The number of nitrogens with two attached hydrogens (primary N) is 1. The Morgan fingerprint density at radius 1 is 1.12 bits per heavy atom. The lowest BCUT2D eigenvalue weighted by Gasteiger charge is -2.11. The van der Waals surface area contributed by atoms with E-state index >= 15 is 0 Å². The van der Waals surface area contributed by atoms with Gasteiger partial charge in [0.15, 0.2) is 0 Å². The van der Waals surface area contributed by atoms with Gasteiger partial charge in [0.25, 0.3) is 0 Å². The first kappa shape index (κ1) is 19.0. The van der Waals surface area contributed by atoms with Crippen molar-refractivity contribution in [1.82, 2.24) is 4.98 Å². The summed E-state index contributed by atoms with van der Waals surface area (Å²) in [6.45, 7) is 0.356. The van der Waals surface area contributed by atoms with E-state index in [-0.39, 0.29) is 12.4 Å². The van der Waals surface area contributed by atoms with E-state index in [0.717, 1.165) is 22.2 Å². The smallest absolute Gasteiger partial charge is 0.142 e. The number of methoxy groups -OCH3 is 2. The SMILES string of the molecule is COc1cccc(OC)c1CN=C(N)c1cc2cc(Cl)ccc2[nH]1.Cl. The van der Waals surface area contributed by atoms with Gasteiger partial charge in [-0.1, -0.05) is 17.7 Å². The van der Waals surface area contributed by atoms with Crippen LogP contribution in [0.15, 0.2) is 47.5 Å². The van der Waals surface area contributed by atoms with Crippen molar-refractivity contribution >= 4 is 40.7 Å². The van der Waals surface area contributed by atoms with Gasteiger partial charge >= 0.3 is 0 Å². The predicted molar refractivity (Wildman–Crippen MR) is 105 cm³/mol. The summed E-state index contributed by atoms with van der Waals surface area (Å²) in [4.78, 5) is 7.71. The molecule has 0 aliphatic carbocycles. The number of aliphatic imine (C=N–C) groups is 1. The molecular formula is C18H19Cl2N3O2. The average Bonchev–Trinajstić information content (AvgIpc) is 3.02. The number of fused-ring (bicyclic) bond motifs is 1. The zero-order chi connectivity index (χ0) is 17.1. The normalized spacial score (nSPS) is 11.2. The van der Waals surface area contributed by atoms with Crippen LogP contribution in [-0.2, 0) is 6.54 Å². The third kappa shape index (κ3) is 4.00. The minimum atomic E-state index is 0. The van der Waals surface area contributed by atoms with Gasteiger partial charge in [-0.05, 0) is 36.4 Å². The standard InChI is InChI=1S/C18H18ClN3O2.ClH/c1-23-16-4-3-5-17(24-2)13(16)10-21-18(20)15-9-11-8-12(19)6-7-14(11)22-15;/h3-9,22H,10H2,1-2H3,(H2,20,21);1H. The number of H-pyrrole nitrogens is 1. The first-order valence-electron chi connectivity index (χ1n) is 7.41. The minimum absolute atomic E-state index is 0. The summed E-state index contributed by atoms with van der Waals surface area (Å²) in [6.07, 6.45) is 0. The summed E-state index contributed by atoms with van der Waals surface area (Å²) in [7, 11) is 3.24. The summed E-state index contributed by atoms with van der Waals surface area (Å²) < 4.78 is 10.7. The summed E-state index contributed by atoms with van der Waals surface area (Å²) in [6, 6.07) is 13.2. The molecule has 25 heavy (non-hydrogen) atoms. The van der Waals surface area contributed by atoms with Crippen LogP contribution < -0.4 is 15.2 Å². The highest BCUT2D eigenvalue weighted by atomic mass is 35.5. The molecule has 0 saturated heterocycles. The largest absolute Gasteiger partial charge is 0.496 e. The van der Waals surface area contributed by atoms with E-state index in [1.165, 1.54) is 0 Å². The molecule has 0 bridgehead atoms. The number of amidine groups is 1. The number of hydrogen-bond donors (Lipinski definition) is 2. The Kier molecular flexibility index (Phi) is 6.17. The first-order chi connectivity index (χ1) is 11.6. The van der Waals surface area contributed by atoms with Gasteiger partial charge in [0.2, 0.25) is 0 Å². The van der Waals surface area contributed by atoms with E-state index in [4.69, 9.17) is 26.8 Å². The lowest BCUT2D eigenvalue weighted by molar-refractivity contribution is 0.385. The van der Waals surface area contributed by atoms with Crippen molar-refractivity contribution in [2.75, 3.05) is 14.2 Å². The summed E-state index contributed by atoms with van der Waals surface area (Å²) in [5.41, 5.74) is 8.70. The van der Waals surface area contributed by atoms with E-state index in [2.05, 4.69) is 9.98 Å². The highest BCUT2D eigenvalue weighted by Crippen LogP contribution is 2.29. The Labute approximate surface area is 157 Å². The van der Waals surface area contributed by atoms with Gasteiger partial charge in [-0.15, -0.1) is 12.4 Å². The number of rotatable bonds is 5. The Morgan fingerprint density at radius 2 is 1.80 bits per heavy atom. The third-order valence-electron chi connectivity index (χ3n) is 3.80. The van der Waals surface area contributed by atoms with Crippen LogP contribution in [0.5, 0.6) is 11.5 Å². The summed E-state index contributed by atoms with van der Waals surface area (Å²) >= 11 is 6.01. The van der Waals surface area contributed by atoms with Gasteiger partial charge in [-0.25, -0.2) is 0 Å². The van der Waals surface area contributed by atoms with Crippen LogP contribution >= 0.6 is 24.0 Å². The monoisotopic (exact) mass is 379 g/mol. The Morgan fingerprint density at radius 3 is 2.44 bits per heavy atom. The topological polar surface area (TPSA) is 72.6 Å². The fourth-order valence-electron chi connectivity index (χ4n) is 2.57. The van der Waals surface area contributed by atoms with Crippen LogP contribution in [-0.4, -0.2) is 25.0 Å². The quantitative estimate of drug-likeness (QED) is 0.516. The number of hydrogen-bond acceptors (Lipinski definition) is 3. The maximum atomic E-state index is 6.13. The molecular weight excluding hydrogens is 361 g/mol. The number of ether oxygens (including phenoxy) is 2. The van der Waals surface area contributed by atoms with Crippen molar-refractivity contribution in [2.24, 2.45) is 10.7 Å². The highest BCUT2D eigenvalue weighted by molar-refractivity contribution is 6.31. The van der Waals surface area contributed by atoms with E-state index < -0.39 is 0 Å². The van der Waals surface area contributed by atoms with E-state index in [0.29, 0.717) is 28.9 Å². The zero-order valence-corrected chi connectivity index (χ0v) is 15.4. The fraction of sp³-hybridized carbons (Fsp3) is 0.167. The molecule has 3 N–H and O–H groups in total. The Bertz CT molecular complexity index is 884. The maximum Gasteiger partial charge on any atom is 0.142 e. The Balaban J connectivity index is 0.00000225. The van der Waals surface area contributed by atoms with E-state index in [1.807, 2.05) is 42.5 Å². The van der Waals surface area contributed by atoms with Crippen LogP contribution in [0.3, 0.4) is 0 Å². The van der Waals surface area contributed by atoms with Gasteiger partial charge in [0, 0.05) is 15.9 Å². The third-order valence-corrected chi connectivity index (χ3v) is 4.03. The number of halogens is 2. The van der Waals surface area contributed by atoms with Gasteiger partial charge in [-0.3, -0.25) is 4.99 Å². The molecule has 3 aromatic rings. The van der Waals surface area contributed by atoms with Crippen molar-refractivity contribution < 1.29 is 9.47 Å². The number of aromatic nitrogens is 1. The lowest BCUT2D eigenvalue weighted by Crippen LogP contribution is -2.14. The molecule has 2 aromatic carbocycles. The molecule has 0 radical (unpaired) electrons. The first-order valence-corrected chi connectivity index (χ1v) is 7.78. The molecule has 0 amide bonds. The van der Waals surface area contributed by atoms with Crippen molar-refractivity contribution in [3.05, 3.63) is 58.7 Å². The molecule has 132 valence electrons. The van der Waals surface area contributed by atoms with Gasteiger partial charge in [0.1, 0.15) is 17.3 Å². The molecule has 0 fully saturated rings. The van der Waals surface area contributed by atoms with Crippen molar-refractivity contribution in [2.45, 2.75) is 6.54 Å². The maximum absolute atomic E-state index is 6.13. The summed E-state index contributed by atoms with van der Waals surface area (Å²) in [5, 5.41) is 1.67. The molecule has 0 aliphatic rings. The molecule has 1 heterocycles. The molecule has 7 heteroatoms. The van der Waals surface area contributed by atoms with Crippen LogP contribution in [0.25, 0.3) is 10.9 Å². The second-order valence-electron chi connectivity index (χ2n) is 5.26. The average molecular weight is 380 g/mol. The molecule has 0 unspecified atom stereocenters. The lowest BCUT2D eigenvalue weighted by atomic mass is 10.1.